The molecule has 0 aromatic heterocycles. The van der Waals surface area contributed by atoms with Gasteiger partial charge in [0.15, 0.2) is 0 Å². The Hall–Kier alpha value is 1.14. The van der Waals surface area contributed by atoms with Crippen LogP contribution in [0.5, 0.6) is 0 Å². The van der Waals surface area contributed by atoms with E-state index in [1.807, 2.05) is 0 Å². The molecule has 0 bridgehead atoms. The van der Waals surface area contributed by atoms with Crippen LogP contribution in [0.15, 0.2) is 0 Å². The molecule has 1 fully saturated rings. The van der Waals surface area contributed by atoms with Gasteiger partial charge in [-0.15, -0.1) is 0 Å². The maximum atomic E-state index is 14.7. The largest absolute Gasteiger partial charge is 1.00 e. The third-order valence-electron chi connectivity index (χ3n) is 4.54. The van der Waals surface area contributed by atoms with Crippen LogP contribution in [-0.2, 0) is 20.4 Å². The molecule has 12 heteroatoms. The van der Waals surface area contributed by atoms with Gasteiger partial charge in [0.1, 0.15) is 0 Å². The van der Waals surface area contributed by atoms with Gasteiger partial charge in [-0.3, -0.25) is 0 Å². The fourth-order valence-electron chi connectivity index (χ4n) is 2.49. The summed E-state index contributed by atoms with van der Waals surface area (Å²) in [6.45, 7) is 0.891. The smallest absolute Gasteiger partial charge is 1.00 e. The van der Waals surface area contributed by atoms with Gasteiger partial charge >= 0.3 is 154 Å². The van der Waals surface area contributed by atoms with Crippen LogP contribution in [0.4, 0.5) is 17.6 Å². The molecule has 0 saturated carbocycles. The van der Waals surface area contributed by atoms with Gasteiger partial charge in [-0.1, -0.05) is 0 Å². The molecule has 4 unspecified atom stereocenters. The molecule has 0 aliphatic carbocycles. The minimum Gasteiger partial charge on any atom is -1.00 e. The number of hydrogen-bond acceptors (Lipinski definition) is 4. The van der Waals surface area contributed by atoms with Gasteiger partial charge in [0.05, 0.1) is 0 Å². The maximum absolute atomic E-state index is 14.7. The van der Waals surface area contributed by atoms with E-state index < -0.39 is 23.0 Å². The topological polar surface area (TPSA) is 21.8 Å². The summed E-state index contributed by atoms with van der Waals surface area (Å²) in [5.41, 5.74) is 0. The molecular weight excluding hydrogens is 466 g/mol. The molecule has 27 heavy (non-hydrogen) atoms. The second kappa shape index (κ2) is 15.9. The first kappa shape index (κ1) is 32.8. The first-order valence-electron chi connectivity index (χ1n) is 8.34. The Labute approximate surface area is 190 Å². The van der Waals surface area contributed by atoms with E-state index in [4.69, 9.17) is 0 Å². The molecule has 0 radical (unpaired) electrons. The first-order chi connectivity index (χ1) is 11.1. The van der Waals surface area contributed by atoms with E-state index in [2.05, 4.69) is 5.32 Å². The van der Waals surface area contributed by atoms with Crippen molar-refractivity contribution in [3.8, 4) is 0 Å². The van der Waals surface area contributed by atoms with Crippen LogP contribution < -0.4 is 42.5 Å². The van der Waals surface area contributed by atoms with Crippen LogP contribution in [0.2, 0.25) is 0 Å². The molecule has 1 aliphatic rings. The van der Waals surface area contributed by atoms with Crippen LogP contribution >= 0.6 is 0 Å². The molecule has 1 saturated heterocycles. The average molecular weight is 496 g/mol. The van der Waals surface area contributed by atoms with E-state index >= 15 is 0 Å². The predicted molar refractivity (Wildman–Crippen MR) is 82.9 cm³/mol. The Morgan fingerprint density at radius 1 is 0.852 bits per heavy atom. The number of halogens is 7. The zero-order valence-corrected chi connectivity index (χ0v) is 19.7. The first-order valence-corrected chi connectivity index (χ1v) is 9.13. The Bertz CT molecular complexity index is 378. The molecule has 0 spiro atoms. The molecule has 4 nitrogen and oxygen atoms in total. The van der Waals surface area contributed by atoms with Gasteiger partial charge in [0.2, 0.25) is 0 Å². The molecule has 0 aromatic carbocycles. The summed E-state index contributed by atoms with van der Waals surface area (Å²) in [5, 5.41) is 2.61. The van der Waals surface area contributed by atoms with Crippen molar-refractivity contribution in [2.45, 2.75) is 48.7 Å². The summed E-state index contributed by atoms with van der Waals surface area (Å²) in [6.07, 6.45) is -3.29. The molecule has 162 valence electrons. The molecule has 1 heterocycles. The number of nitrogens with one attached hydrogen (secondary N) is 1. The average Bonchev–Trinajstić information content (AvgIpc) is 2.53. The monoisotopic (exact) mass is 494 g/mol. The van der Waals surface area contributed by atoms with E-state index in [-0.39, 0.29) is 89.1 Å². The summed E-state index contributed by atoms with van der Waals surface area (Å²) in [6, 6.07) is 0. The van der Waals surface area contributed by atoms with E-state index in [9.17, 15) is 17.6 Å². The van der Waals surface area contributed by atoms with Gasteiger partial charge in [0.25, 0.3) is 0 Å². The van der Waals surface area contributed by atoms with Crippen molar-refractivity contribution in [2.75, 3.05) is 47.3 Å². The summed E-state index contributed by atoms with van der Waals surface area (Å²) in [4.78, 5) is 4.31. The van der Waals surface area contributed by atoms with Crippen LogP contribution in [0.25, 0.3) is 0 Å². The van der Waals surface area contributed by atoms with Crippen LogP contribution in [0.1, 0.15) is 25.7 Å². The normalized spacial score (nSPS) is 34.0. The van der Waals surface area contributed by atoms with Gasteiger partial charge in [-0.05, 0) is 0 Å². The van der Waals surface area contributed by atoms with Crippen molar-refractivity contribution in [2.24, 2.45) is 0 Å². The summed E-state index contributed by atoms with van der Waals surface area (Å²) >= 11 is 1.43. The Balaban J connectivity index is -0.00000192. The standard InChI is InChI=1S/C15H29F4N4.3ClH.Ti/c1-21-9-5-12(16)20-8-4-13(17)22(2)10-6-15(19)23(3)11-7-14(21)18;;;;/h12-14,20H,4-11H2,1-3H3;3*1H;/q;;;;+3/p-3. The quantitative estimate of drug-likeness (QED) is 0.205. The van der Waals surface area contributed by atoms with Crippen molar-refractivity contribution in [3.63, 3.8) is 0 Å². The van der Waals surface area contributed by atoms with Crippen molar-refractivity contribution >= 4 is 0 Å². The zero-order valence-electron chi connectivity index (χ0n) is 15.9. The number of rotatable bonds is 0. The van der Waals surface area contributed by atoms with E-state index in [1.165, 1.54) is 35.1 Å². The van der Waals surface area contributed by atoms with Gasteiger partial charge in [-0.25, -0.2) is 0 Å². The second-order valence-electron chi connectivity index (χ2n) is 6.55. The molecule has 1 rings (SSSR count). The third-order valence-corrected chi connectivity index (χ3v) is 5.53. The van der Waals surface area contributed by atoms with E-state index in [1.54, 1.807) is 21.1 Å². The fourth-order valence-corrected chi connectivity index (χ4v) is 2.84. The Morgan fingerprint density at radius 3 is 1.96 bits per heavy atom. The second-order valence-corrected chi connectivity index (χ2v) is 7.75. The molecule has 1 N–H and O–H groups in total. The molecule has 0 aromatic rings. The van der Waals surface area contributed by atoms with Crippen molar-refractivity contribution in [3.05, 3.63) is 0 Å². The number of hydrogen-bond donors (Lipinski definition) is 1. The third kappa shape index (κ3) is 12.4. The minimum absolute atomic E-state index is 0. The van der Waals surface area contributed by atoms with Gasteiger partial charge < -0.3 is 37.2 Å². The van der Waals surface area contributed by atoms with Crippen molar-refractivity contribution in [1.82, 2.24) is 20.0 Å². The van der Waals surface area contributed by atoms with Crippen LogP contribution in [-0.4, -0.2) is 85.0 Å². The summed E-state index contributed by atoms with van der Waals surface area (Å²) in [5.74, 6) is 0. The Kier molecular flexibility index (Phi) is 19.3. The van der Waals surface area contributed by atoms with E-state index in [0.29, 0.717) is 0 Å². The molecule has 0 amide bonds. The van der Waals surface area contributed by atoms with E-state index in [0.717, 1.165) is 0 Å². The molecular formula is C15H29Cl3F4N4Ti. The minimum atomic E-state index is -1.63. The van der Waals surface area contributed by atoms with Crippen LogP contribution in [0, 0.1) is 0 Å². The molecule has 1 aliphatic heterocycles. The Morgan fingerprint density at radius 2 is 1.37 bits per heavy atom. The van der Waals surface area contributed by atoms with Crippen LogP contribution in [0.3, 0.4) is 0 Å². The summed E-state index contributed by atoms with van der Waals surface area (Å²) in [7, 11) is 4.77. The number of nitrogens with zero attached hydrogens (tertiary/aromatic N) is 3. The molecule has 4 atom stereocenters. The van der Waals surface area contributed by atoms with Gasteiger partial charge in [-0.2, -0.15) is 0 Å². The van der Waals surface area contributed by atoms with Crippen molar-refractivity contribution in [1.29, 1.82) is 0 Å². The fraction of sp³-hybridized carbons (Fsp3) is 1.00. The maximum Gasteiger partial charge on any atom is -1.00 e. The van der Waals surface area contributed by atoms with Gasteiger partial charge in [0, 0.05) is 0 Å². The summed E-state index contributed by atoms with van der Waals surface area (Å²) < 4.78 is 55.0. The predicted octanol–water partition coefficient (Wildman–Crippen LogP) is -6.99. The zero-order chi connectivity index (χ0) is 18.3. The number of alkyl halides is 4. The SMILES string of the molecule is CN1CCC(F)NCCC(F)N(C)CC[C](F)([Ti+3])N(C)CCC1F.[Cl-].[Cl-].[Cl-]. The van der Waals surface area contributed by atoms with Crippen molar-refractivity contribution < 1.29 is 75.2 Å².